The molecule has 0 aromatic carbocycles. The van der Waals surface area contributed by atoms with Gasteiger partial charge in [0, 0.05) is 10.8 Å². The summed E-state index contributed by atoms with van der Waals surface area (Å²) in [5.41, 5.74) is 1.18. The van der Waals surface area contributed by atoms with Gasteiger partial charge in [-0.2, -0.15) is 9.61 Å². The van der Waals surface area contributed by atoms with Crippen molar-refractivity contribution >= 4 is 32.2 Å². The van der Waals surface area contributed by atoms with Crippen LogP contribution in [-0.2, 0) is 10.8 Å². The Kier molecular flexibility index (Phi) is 2.90. The zero-order valence-electron chi connectivity index (χ0n) is 11.1. The largest absolute Gasteiger partial charge is 0.221 e. The van der Waals surface area contributed by atoms with Crippen molar-refractivity contribution in [1.82, 2.24) is 14.6 Å². The molecule has 17 heavy (non-hydrogen) atoms. The highest BCUT2D eigenvalue weighted by molar-refractivity contribution is 9.10. The van der Waals surface area contributed by atoms with Crippen LogP contribution in [0.1, 0.15) is 52.2 Å². The number of imidazole rings is 1. The summed E-state index contributed by atoms with van der Waals surface area (Å²) in [4.78, 5) is 5.65. The predicted octanol–water partition coefficient (Wildman–Crippen LogP) is 4.15. The molecule has 0 aliphatic rings. The summed E-state index contributed by atoms with van der Waals surface area (Å²) in [5.74, 6) is 0. The fourth-order valence-electron chi connectivity index (χ4n) is 1.50. The molecular weight excluding hydrogens is 298 g/mol. The van der Waals surface area contributed by atoms with Gasteiger partial charge in [0.25, 0.3) is 0 Å². The Labute approximate surface area is 114 Å². The Hall–Kier alpha value is -0.420. The average Bonchev–Trinajstić information content (AvgIpc) is 2.63. The summed E-state index contributed by atoms with van der Waals surface area (Å²) >= 11 is 5.28. The summed E-state index contributed by atoms with van der Waals surface area (Å²) in [6, 6.07) is 0. The molecule has 0 amide bonds. The predicted molar refractivity (Wildman–Crippen MR) is 76.0 cm³/mol. The first-order valence-corrected chi connectivity index (χ1v) is 7.27. The molecule has 94 valence electrons. The number of fused-ring (bicyclic) bond motifs is 1. The molecule has 3 nitrogen and oxygen atoms in total. The molecule has 0 saturated heterocycles. The number of nitrogens with zero attached hydrogens (tertiary/aromatic N) is 3. The molecule has 2 rings (SSSR count). The number of hydrogen-bond acceptors (Lipinski definition) is 3. The van der Waals surface area contributed by atoms with Crippen LogP contribution in [0.2, 0.25) is 0 Å². The Morgan fingerprint density at radius 3 is 2.06 bits per heavy atom. The second-order valence-corrected chi connectivity index (χ2v) is 8.06. The van der Waals surface area contributed by atoms with Crippen molar-refractivity contribution in [3.05, 3.63) is 15.3 Å². The summed E-state index contributed by atoms with van der Waals surface area (Å²) in [6.45, 7) is 13.0. The third-order valence-electron chi connectivity index (χ3n) is 2.50. The average molecular weight is 316 g/mol. The van der Waals surface area contributed by atoms with Gasteiger partial charge in [-0.25, -0.2) is 4.98 Å². The van der Waals surface area contributed by atoms with E-state index in [1.807, 2.05) is 4.52 Å². The minimum absolute atomic E-state index is 0.0359. The Bertz CT molecular complexity index is 555. The number of halogens is 1. The molecule has 0 radical (unpaired) electrons. The van der Waals surface area contributed by atoms with Crippen LogP contribution < -0.4 is 0 Å². The van der Waals surface area contributed by atoms with Crippen LogP contribution in [0.15, 0.2) is 4.60 Å². The molecule has 0 saturated carbocycles. The van der Waals surface area contributed by atoms with E-state index in [1.54, 1.807) is 11.3 Å². The van der Waals surface area contributed by atoms with E-state index in [9.17, 15) is 0 Å². The molecule has 0 N–H and O–H groups in total. The van der Waals surface area contributed by atoms with Gasteiger partial charge in [0.15, 0.2) is 0 Å². The first-order valence-electron chi connectivity index (χ1n) is 5.67. The molecule has 0 spiro atoms. The van der Waals surface area contributed by atoms with E-state index < -0.39 is 0 Å². The fourth-order valence-corrected chi connectivity index (χ4v) is 3.51. The second-order valence-electron chi connectivity index (χ2n) is 6.35. The van der Waals surface area contributed by atoms with Gasteiger partial charge in [-0.05, 0) is 15.9 Å². The smallest absolute Gasteiger partial charge is 0.213 e. The van der Waals surface area contributed by atoms with Gasteiger partial charge in [-0.15, -0.1) is 0 Å². The van der Waals surface area contributed by atoms with Crippen molar-refractivity contribution in [2.75, 3.05) is 0 Å². The van der Waals surface area contributed by atoms with Crippen LogP contribution in [0, 0.1) is 0 Å². The van der Waals surface area contributed by atoms with Crippen LogP contribution in [0.5, 0.6) is 0 Å². The van der Waals surface area contributed by atoms with Crippen molar-refractivity contribution < 1.29 is 0 Å². The quantitative estimate of drug-likeness (QED) is 0.731. The molecule has 0 atom stereocenters. The summed E-state index contributed by atoms with van der Waals surface area (Å²) in [7, 11) is 0. The molecule has 0 fully saturated rings. The molecule has 2 heterocycles. The molecule has 0 aliphatic heterocycles. The lowest BCUT2D eigenvalue weighted by Crippen LogP contribution is -2.13. The Morgan fingerprint density at radius 2 is 1.65 bits per heavy atom. The first-order chi connectivity index (χ1) is 7.60. The van der Waals surface area contributed by atoms with Crippen molar-refractivity contribution in [2.45, 2.75) is 52.4 Å². The first kappa shape index (κ1) is 13.0. The zero-order chi connectivity index (χ0) is 13.0. The lowest BCUT2D eigenvalue weighted by atomic mass is 9.93. The Balaban J connectivity index is 2.61. The highest BCUT2D eigenvalue weighted by Gasteiger charge is 2.26. The third-order valence-corrected chi connectivity index (χ3v) is 4.55. The third kappa shape index (κ3) is 2.27. The van der Waals surface area contributed by atoms with Gasteiger partial charge < -0.3 is 0 Å². The molecule has 5 heteroatoms. The van der Waals surface area contributed by atoms with Gasteiger partial charge in [0.05, 0.1) is 5.69 Å². The van der Waals surface area contributed by atoms with Crippen molar-refractivity contribution in [3.63, 3.8) is 0 Å². The van der Waals surface area contributed by atoms with Crippen LogP contribution in [0.4, 0.5) is 0 Å². The number of aromatic nitrogens is 3. The van der Waals surface area contributed by atoms with E-state index in [0.29, 0.717) is 0 Å². The summed E-state index contributed by atoms with van der Waals surface area (Å²) in [6.07, 6.45) is 0. The standard InChI is InChI=1S/C12H18BrN3S/c1-11(2,3)7-8(13)16-10(14-7)17-9(15-16)12(4,5)6/h1-6H3. The second kappa shape index (κ2) is 3.79. The maximum Gasteiger partial charge on any atom is 0.213 e. The van der Waals surface area contributed by atoms with E-state index in [4.69, 9.17) is 0 Å². The van der Waals surface area contributed by atoms with Gasteiger partial charge in [-0.3, -0.25) is 0 Å². The van der Waals surface area contributed by atoms with Crippen molar-refractivity contribution in [1.29, 1.82) is 0 Å². The van der Waals surface area contributed by atoms with E-state index in [2.05, 4.69) is 67.6 Å². The monoisotopic (exact) mass is 315 g/mol. The van der Waals surface area contributed by atoms with Crippen molar-refractivity contribution in [2.24, 2.45) is 0 Å². The lowest BCUT2D eigenvalue weighted by Gasteiger charge is -2.16. The van der Waals surface area contributed by atoms with Crippen LogP contribution in [0.3, 0.4) is 0 Å². The van der Waals surface area contributed by atoms with Crippen molar-refractivity contribution in [3.8, 4) is 0 Å². The normalized spacial score (nSPS) is 13.6. The van der Waals surface area contributed by atoms with Crippen LogP contribution >= 0.6 is 27.3 Å². The maximum atomic E-state index is 4.69. The summed E-state index contributed by atoms with van der Waals surface area (Å²) < 4.78 is 2.89. The maximum absolute atomic E-state index is 4.69. The van der Waals surface area contributed by atoms with Gasteiger partial charge in [-0.1, -0.05) is 52.9 Å². The highest BCUT2D eigenvalue weighted by atomic mass is 79.9. The minimum atomic E-state index is 0.0359. The highest BCUT2D eigenvalue weighted by Crippen LogP contribution is 2.34. The topological polar surface area (TPSA) is 30.2 Å². The summed E-state index contributed by atoms with van der Waals surface area (Å²) in [5, 5.41) is 5.76. The van der Waals surface area contributed by atoms with Gasteiger partial charge in [0.1, 0.15) is 9.61 Å². The molecular formula is C12H18BrN3S. The van der Waals surface area contributed by atoms with Gasteiger partial charge >= 0.3 is 0 Å². The minimum Gasteiger partial charge on any atom is -0.221 e. The van der Waals surface area contributed by atoms with Crippen LogP contribution in [0.25, 0.3) is 4.96 Å². The number of rotatable bonds is 0. The van der Waals surface area contributed by atoms with Gasteiger partial charge in [0.2, 0.25) is 4.96 Å². The molecule has 2 aromatic heterocycles. The fraction of sp³-hybridized carbons (Fsp3) is 0.667. The molecule has 0 bridgehead atoms. The Morgan fingerprint density at radius 1 is 1.06 bits per heavy atom. The lowest BCUT2D eigenvalue weighted by molar-refractivity contribution is 0.561. The van der Waals surface area contributed by atoms with E-state index >= 15 is 0 Å². The van der Waals surface area contributed by atoms with E-state index in [0.717, 1.165) is 20.3 Å². The zero-order valence-corrected chi connectivity index (χ0v) is 13.5. The van der Waals surface area contributed by atoms with E-state index in [-0.39, 0.29) is 10.8 Å². The molecule has 2 aromatic rings. The molecule has 0 aliphatic carbocycles. The van der Waals surface area contributed by atoms with Crippen LogP contribution in [-0.4, -0.2) is 14.6 Å². The number of hydrogen-bond donors (Lipinski definition) is 0. The molecule has 0 unspecified atom stereocenters. The van der Waals surface area contributed by atoms with E-state index in [1.165, 1.54) is 0 Å². The SMILES string of the molecule is CC(C)(C)c1nn2c(Br)c(C(C)(C)C)nc2s1.